The third-order valence-corrected chi connectivity index (χ3v) is 5.72. The first-order valence-corrected chi connectivity index (χ1v) is 10.0. The summed E-state index contributed by atoms with van der Waals surface area (Å²) in [5, 5.41) is 2.77. The predicted octanol–water partition coefficient (Wildman–Crippen LogP) is 3.96. The van der Waals surface area contributed by atoms with E-state index in [1.807, 2.05) is 29.3 Å². The Balaban J connectivity index is 1.74. The van der Waals surface area contributed by atoms with E-state index >= 15 is 0 Å². The van der Waals surface area contributed by atoms with Gasteiger partial charge in [0.2, 0.25) is 0 Å². The maximum absolute atomic E-state index is 13.2. The lowest BCUT2D eigenvalue weighted by Gasteiger charge is -2.34. The zero-order valence-corrected chi connectivity index (χ0v) is 16.4. The van der Waals surface area contributed by atoms with Crippen molar-refractivity contribution in [2.24, 2.45) is 5.92 Å². The Morgan fingerprint density at radius 1 is 1.31 bits per heavy atom. The number of aromatic nitrogens is 1. The quantitative estimate of drug-likeness (QED) is 0.811. The van der Waals surface area contributed by atoms with Gasteiger partial charge < -0.3 is 4.90 Å². The van der Waals surface area contributed by atoms with Crippen molar-refractivity contribution in [3.63, 3.8) is 0 Å². The molecule has 1 fully saturated rings. The highest BCUT2D eigenvalue weighted by atomic mass is 32.1. The lowest BCUT2D eigenvalue weighted by molar-refractivity contribution is 0.0697. The average molecular weight is 376 g/mol. The zero-order chi connectivity index (χ0) is 18.7. The van der Waals surface area contributed by atoms with Crippen molar-refractivity contribution in [2.45, 2.75) is 39.8 Å². The SMILES string of the molecule is Cc1nc(C(=O)N2CCCN(Cc3ccc(F)cc3)C(C(C)C)C2)cs1. The average Bonchev–Trinajstić information content (AvgIpc) is 2.93. The number of thiazole rings is 1. The highest BCUT2D eigenvalue weighted by molar-refractivity contribution is 7.09. The molecule has 3 rings (SSSR count). The molecule has 1 aromatic heterocycles. The Labute approximate surface area is 158 Å². The maximum atomic E-state index is 13.2. The van der Waals surface area contributed by atoms with Crippen molar-refractivity contribution in [3.05, 3.63) is 51.7 Å². The summed E-state index contributed by atoms with van der Waals surface area (Å²) in [5.41, 5.74) is 1.66. The molecule has 1 aliphatic heterocycles. The van der Waals surface area contributed by atoms with E-state index in [1.54, 1.807) is 0 Å². The van der Waals surface area contributed by atoms with E-state index in [-0.39, 0.29) is 17.8 Å². The van der Waals surface area contributed by atoms with Crippen LogP contribution in [0.25, 0.3) is 0 Å². The fraction of sp³-hybridized carbons (Fsp3) is 0.500. The third-order valence-electron chi connectivity index (χ3n) is 4.94. The van der Waals surface area contributed by atoms with Crippen molar-refractivity contribution in [1.29, 1.82) is 0 Å². The molecule has 1 unspecified atom stereocenters. The topological polar surface area (TPSA) is 36.4 Å². The highest BCUT2D eigenvalue weighted by Crippen LogP contribution is 2.22. The van der Waals surface area contributed by atoms with E-state index in [0.717, 1.165) is 36.6 Å². The van der Waals surface area contributed by atoms with Crippen LogP contribution in [0.15, 0.2) is 29.6 Å². The van der Waals surface area contributed by atoms with Crippen LogP contribution in [0.5, 0.6) is 0 Å². The first-order valence-electron chi connectivity index (χ1n) is 9.14. The van der Waals surface area contributed by atoms with E-state index < -0.39 is 0 Å². The Kier molecular flexibility index (Phi) is 6.04. The maximum Gasteiger partial charge on any atom is 0.273 e. The molecule has 1 aliphatic rings. The molecule has 2 aromatic rings. The highest BCUT2D eigenvalue weighted by Gasteiger charge is 2.30. The van der Waals surface area contributed by atoms with Crippen molar-refractivity contribution in [3.8, 4) is 0 Å². The Morgan fingerprint density at radius 2 is 2.04 bits per heavy atom. The minimum Gasteiger partial charge on any atom is -0.336 e. The summed E-state index contributed by atoms with van der Waals surface area (Å²) in [6, 6.07) is 6.98. The second-order valence-electron chi connectivity index (χ2n) is 7.26. The van der Waals surface area contributed by atoms with E-state index in [1.165, 1.54) is 23.5 Å². The van der Waals surface area contributed by atoms with Crippen molar-refractivity contribution >= 4 is 17.2 Å². The molecular formula is C20H26FN3OS. The van der Waals surface area contributed by atoms with Gasteiger partial charge in [-0.15, -0.1) is 11.3 Å². The number of aryl methyl sites for hydroxylation is 1. The lowest BCUT2D eigenvalue weighted by Crippen LogP contribution is -2.45. The molecule has 1 atom stereocenters. The third kappa shape index (κ3) is 4.48. The van der Waals surface area contributed by atoms with Gasteiger partial charge in [-0.1, -0.05) is 26.0 Å². The number of nitrogens with zero attached hydrogens (tertiary/aromatic N) is 3. The second kappa shape index (κ2) is 8.27. The molecule has 1 aromatic carbocycles. The predicted molar refractivity (Wildman–Crippen MR) is 103 cm³/mol. The normalized spacial score (nSPS) is 19.0. The van der Waals surface area contributed by atoms with Gasteiger partial charge in [-0.05, 0) is 37.0 Å². The molecule has 1 amide bonds. The van der Waals surface area contributed by atoms with E-state index in [9.17, 15) is 9.18 Å². The van der Waals surface area contributed by atoms with Crippen molar-refractivity contribution in [1.82, 2.24) is 14.8 Å². The smallest absolute Gasteiger partial charge is 0.273 e. The minimum absolute atomic E-state index is 0.0311. The van der Waals surface area contributed by atoms with Gasteiger partial charge in [0.15, 0.2) is 0 Å². The molecule has 2 heterocycles. The molecule has 0 bridgehead atoms. The number of hydrogen-bond donors (Lipinski definition) is 0. The zero-order valence-electron chi connectivity index (χ0n) is 15.6. The van der Waals surface area contributed by atoms with Gasteiger partial charge in [0.25, 0.3) is 5.91 Å². The van der Waals surface area contributed by atoms with Crippen LogP contribution >= 0.6 is 11.3 Å². The fourth-order valence-corrected chi connectivity index (χ4v) is 4.11. The molecule has 0 radical (unpaired) electrons. The Bertz CT molecular complexity index is 744. The molecule has 26 heavy (non-hydrogen) atoms. The molecular weight excluding hydrogens is 349 g/mol. The number of benzene rings is 1. The van der Waals surface area contributed by atoms with Crippen LogP contribution in [-0.2, 0) is 6.54 Å². The monoisotopic (exact) mass is 375 g/mol. The largest absolute Gasteiger partial charge is 0.336 e. The molecule has 1 saturated heterocycles. The molecule has 0 N–H and O–H groups in total. The summed E-state index contributed by atoms with van der Waals surface area (Å²) in [7, 11) is 0. The molecule has 140 valence electrons. The van der Waals surface area contributed by atoms with Crippen LogP contribution in [0.1, 0.15) is 41.3 Å². The van der Waals surface area contributed by atoms with Gasteiger partial charge >= 0.3 is 0 Å². The summed E-state index contributed by atoms with van der Waals surface area (Å²) in [4.78, 5) is 21.6. The van der Waals surface area contributed by atoms with E-state index in [4.69, 9.17) is 0 Å². The summed E-state index contributed by atoms with van der Waals surface area (Å²) >= 11 is 1.51. The van der Waals surface area contributed by atoms with Crippen LogP contribution in [0, 0.1) is 18.7 Å². The van der Waals surface area contributed by atoms with Crippen LogP contribution in [-0.4, -0.2) is 46.4 Å². The van der Waals surface area contributed by atoms with Crippen molar-refractivity contribution < 1.29 is 9.18 Å². The van der Waals surface area contributed by atoms with Crippen molar-refractivity contribution in [2.75, 3.05) is 19.6 Å². The summed E-state index contributed by atoms with van der Waals surface area (Å²) in [5.74, 6) is 0.241. The van der Waals surface area contributed by atoms with Gasteiger partial charge in [-0.2, -0.15) is 0 Å². The van der Waals surface area contributed by atoms with Gasteiger partial charge in [0.1, 0.15) is 11.5 Å². The van der Waals surface area contributed by atoms with Crippen LogP contribution in [0.2, 0.25) is 0 Å². The summed E-state index contributed by atoms with van der Waals surface area (Å²) < 4.78 is 13.2. The number of carbonyl (C=O) groups is 1. The first kappa shape index (κ1) is 19.0. The number of carbonyl (C=O) groups excluding carboxylic acids is 1. The second-order valence-corrected chi connectivity index (χ2v) is 8.33. The van der Waals surface area contributed by atoms with Crippen LogP contribution in [0.4, 0.5) is 4.39 Å². The number of halogens is 1. The number of amides is 1. The fourth-order valence-electron chi connectivity index (χ4n) is 3.52. The van der Waals surface area contributed by atoms with E-state index in [2.05, 4.69) is 23.7 Å². The van der Waals surface area contributed by atoms with E-state index in [0.29, 0.717) is 18.2 Å². The standard InChI is InChI=1S/C20H26FN3OS/c1-14(2)19-12-24(20(25)18-13-26-15(3)22-18)10-4-9-23(19)11-16-5-7-17(21)8-6-16/h5-8,13-14,19H,4,9-12H2,1-3H3. The molecule has 6 heteroatoms. The summed E-state index contributed by atoms with van der Waals surface area (Å²) in [6.07, 6.45) is 0.930. The summed E-state index contributed by atoms with van der Waals surface area (Å²) in [6.45, 7) is 9.48. The lowest BCUT2D eigenvalue weighted by atomic mass is 10.0. The van der Waals surface area contributed by atoms with Gasteiger partial charge in [0, 0.05) is 37.6 Å². The Morgan fingerprint density at radius 3 is 2.65 bits per heavy atom. The molecule has 0 saturated carbocycles. The van der Waals surface area contributed by atoms with Gasteiger partial charge in [0.05, 0.1) is 5.01 Å². The Hall–Kier alpha value is -1.79. The minimum atomic E-state index is -0.208. The molecule has 4 nitrogen and oxygen atoms in total. The van der Waals surface area contributed by atoms with Gasteiger partial charge in [-0.3, -0.25) is 9.69 Å². The molecule has 0 aliphatic carbocycles. The number of rotatable bonds is 4. The first-order chi connectivity index (χ1) is 12.4. The van der Waals surface area contributed by atoms with Crippen LogP contribution in [0.3, 0.4) is 0 Å². The molecule has 0 spiro atoms. The number of hydrogen-bond acceptors (Lipinski definition) is 4. The van der Waals surface area contributed by atoms with Crippen LogP contribution < -0.4 is 0 Å². The van der Waals surface area contributed by atoms with Gasteiger partial charge in [-0.25, -0.2) is 9.37 Å².